The molecule has 0 spiro atoms. The molecule has 1 aliphatic rings. The summed E-state index contributed by atoms with van der Waals surface area (Å²) in [5, 5.41) is 3.14. The minimum absolute atomic E-state index is 0.00541. The van der Waals surface area contributed by atoms with Crippen LogP contribution in [0.4, 0.5) is 10.1 Å². The van der Waals surface area contributed by atoms with Crippen LogP contribution in [-0.4, -0.2) is 39.6 Å². The highest BCUT2D eigenvalue weighted by molar-refractivity contribution is 7.09. The van der Waals surface area contributed by atoms with Crippen molar-refractivity contribution in [2.75, 3.05) is 12.3 Å². The van der Waals surface area contributed by atoms with E-state index in [1.54, 1.807) is 36.4 Å². The summed E-state index contributed by atoms with van der Waals surface area (Å²) in [6.07, 6.45) is 4.87. The minimum atomic E-state index is -1.06. The number of aromatic nitrogens is 1. The summed E-state index contributed by atoms with van der Waals surface area (Å²) in [6, 6.07) is 11.6. The lowest BCUT2D eigenvalue weighted by molar-refractivity contribution is -0.127. The van der Waals surface area contributed by atoms with Crippen LogP contribution in [0.15, 0.2) is 48.5 Å². The van der Waals surface area contributed by atoms with E-state index in [4.69, 9.17) is 16.2 Å². The van der Waals surface area contributed by atoms with E-state index in [9.17, 15) is 18.8 Å². The molecule has 2 aromatic carbocycles. The van der Waals surface area contributed by atoms with E-state index in [0.29, 0.717) is 23.5 Å². The van der Waals surface area contributed by atoms with E-state index in [1.807, 2.05) is 6.92 Å². The van der Waals surface area contributed by atoms with Gasteiger partial charge in [0.05, 0.1) is 12.3 Å². The third-order valence-corrected chi connectivity index (χ3v) is 7.55. The monoisotopic (exact) mass is 553 g/mol. The highest BCUT2D eigenvalue weighted by atomic mass is 32.1. The topological polar surface area (TPSA) is 141 Å². The van der Waals surface area contributed by atoms with Crippen LogP contribution in [-0.2, 0) is 11.3 Å². The lowest BCUT2D eigenvalue weighted by Crippen LogP contribution is -2.46. The fourth-order valence-corrected chi connectivity index (χ4v) is 5.50. The van der Waals surface area contributed by atoms with Crippen LogP contribution in [0, 0.1) is 5.82 Å². The molecule has 0 radical (unpaired) electrons. The molecule has 9 nitrogen and oxygen atoms in total. The number of carbonyl (C=O) groups is 3. The van der Waals surface area contributed by atoms with Crippen molar-refractivity contribution in [1.82, 2.24) is 14.6 Å². The maximum atomic E-state index is 14.0. The molecule has 0 unspecified atom stereocenters. The van der Waals surface area contributed by atoms with Crippen LogP contribution in [0.25, 0.3) is 0 Å². The molecule has 4 rings (SSSR count). The largest absolute Gasteiger partial charge is 0.494 e. The van der Waals surface area contributed by atoms with Crippen molar-refractivity contribution < 1.29 is 23.5 Å². The first-order chi connectivity index (χ1) is 18.8. The Labute approximate surface area is 230 Å². The third kappa shape index (κ3) is 6.72. The van der Waals surface area contributed by atoms with Gasteiger partial charge in [-0.05, 0) is 66.7 Å². The van der Waals surface area contributed by atoms with Crippen molar-refractivity contribution >= 4 is 34.9 Å². The summed E-state index contributed by atoms with van der Waals surface area (Å²) < 4.78 is 23.2. The van der Waals surface area contributed by atoms with Crippen molar-refractivity contribution in [1.29, 1.82) is 0 Å². The molecule has 1 saturated carbocycles. The van der Waals surface area contributed by atoms with Gasteiger partial charge in [0.25, 0.3) is 11.8 Å². The van der Waals surface area contributed by atoms with Gasteiger partial charge >= 0.3 is 0 Å². The number of halogens is 1. The van der Waals surface area contributed by atoms with Gasteiger partial charge < -0.3 is 26.4 Å². The van der Waals surface area contributed by atoms with E-state index in [2.05, 4.69) is 9.69 Å². The molecule has 1 aromatic heterocycles. The number of benzene rings is 2. The predicted molar refractivity (Wildman–Crippen MR) is 147 cm³/mol. The Kier molecular flexibility index (Phi) is 9.13. The molecular formula is C28H32FN5O4S. The Bertz CT molecular complexity index is 1310. The normalized spacial score (nSPS) is 14.4. The molecule has 39 heavy (non-hydrogen) atoms. The number of nitrogen functional groups attached to an aromatic ring is 1. The first-order valence-electron chi connectivity index (χ1n) is 12.9. The predicted octanol–water partition coefficient (Wildman–Crippen LogP) is 4.19. The van der Waals surface area contributed by atoms with Crippen LogP contribution in [0.2, 0.25) is 0 Å². The molecule has 3 amide bonds. The van der Waals surface area contributed by atoms with Gasteiger partial charge in [-0.25, -0.2) is 4.39 Å². The molecule has 1 aliphatic carbocycles. The van der Waals surface area contributed by atoms with E-state index in [0.717, 1.165) is 43.6 Å². The molecule has 5 N–H and O–H groups in total. The number of nitrogens with two attached hydrogens (primary N) is 2. The number of hydrogen-bond donors (Lipinski definition) is 3. The van der Waals surface area contributed by atoms with Crippen molar-refractivity contribution in [2.45, 2.75) is 57.7 Å². The number of amides is 3. The summed E-state index contributed by atoms with van der Waals surface area (Å²) in [6.45, 7) is 2.32. The number of hydrogen-bond acceptors (Lipinski definition) is 7. The Morgan fingerprint density at radius 3 is 2.36 bits per heavy atom. The fraction of sp³-hybridized carbons (Fsp3) is 0.357. The Balaban J connectivity index is 1.78. The molecule has 1 atom stereocenters. The SMILES string of the molecule is CCOc1ccc([C@@H](C(=O)NC2CCCCC2)N(Cc2ccc(F)cc2)C(=O)c2snc(C(N)=O)c2N)cc1. The molecule has 0 aliphatic heterocycles. The Hall–Kier alpha value is -3.99. The number of ether oxygens (including phenoxy) is 1. The van der Waals surface area contributed by atoms with Crippen molar-refractivity contribution in [3.63, 3.8) is 0 Å². The number of carbonyl (C=O) groups excluding carboxylic acids is 3. The summed E-state index contributed by atoms with van der Waals surface area (Å²) in [5.74, 6) is -1.60. The van der Waals surface area contributed by atoms with Gasteiger partial charge in [-0.3, -0.25) is 14.4 Å². The average molecular weight is 554 g/mol. The van der Waals surface area contributed by atoms with Crippen LogP contribution in [0.3, 0.4) is 0 Å². The zero-order chi connectivity index (χ0) is 27.9. The van der Waals surface area contributed by atoms with Crippen molar-refractivity contribution in [3.8, 4) is 5.75 Å². The van der Waals surface area contributed by atoms with Gasteiger partial charge in [0, 0.05) is 12.6 Å². The lowest BCUT2D eigenvalue weighted by Gasteiger charge is -2.33. The summed E-state index contributed by atoms with van der Waals surface area (Å²) in [5.41, 5.74) is 12.3. The Morgan fingerprint density at radius 2 is 1.77 bits per heavy atom. The average Bonchev–Trinajstić information content (AvgIpc) is 3.32. The highest BCUT2D eigenvalue weighted by Crippen LogP contribution is 2.32. The summed E-state index contributed by atoms with van der Waals surface area (Å²) in [7, 11) is 0. The van der Waals surface area contributed by atoms with Gasteiger partial charge in [0.2, 0.25) is 5.91 Å². The number of anilines is 1. The zero-order valence-corrected chi connectivity index (χ0v) is 22.5. The summed E-state index contributed by atoms with van der Waals surface area (Å²) >= 11 is 0.744. The van der Waals surface area contributed by atoms with Gasteiger partial charge in [0.15, 0.2) is 5.69 Å². The fourth-order valence-electron chi connectivity index (χ4n) is 4.74. The van der Waals surface area contributed by atoms with Crippen LogP contribution in [0.5, 0.6) is 5.75 Å². The van der Waals surface area contributed by atoms with Crippen LogP contribution in [0.1, 0.15) is 76.4 Å². The first-order valence-corrected chi connectivity index (χ1v) is 13.7. The molecule has 1 heterocycles. The smallest absolute Gasteiger partial charge is 0.270 e. The molecule has 0 bridgehead atoms. The van der Waals surface area contributed by atoms with Gasteiger partial charge in [0.1, 0.15) is 22.5 Å². The van der Waals surface area contributed by atoms with Crippen molar-refractivity contribution in [2.24, 2.45) is 5.73 Å². The number of nitrogens with zero attached hydrogens (tertiary/aromatic N) is 2. The second-order valence-corrected chi connectivity index (χ2v) is 10.2. The second kappa shape index (κ2) is 12.7. The van der Waals surface area contributed by atoms with Gasteiger partial charge in [-0.15, -0.1) is 0 Å². The molecule has 0 saturated heterocycles. The van der Waals surface area contributed by atoms with Gasteiger partial charge in [-0.2, -0.15) is 4.37 Å². The third-order valence-electron chi connectivity index (χ3n) is 6.70. The molecule has 1 fully saturated rings. The molecular weight excluding hydrogens is 521 g/mol. The second-order valence-electron chi connectivity index (χ2n) is 9.45. The standard InChI is InChI=1S/C28H32FN5O4S/c1-2-38-21-14-10-18(11-15-21)24(27(36)32-20-6-4-3-5-7-20)34(16-17-8-12-19(29)13-9-17)28(37)25-22(30)23(26(31)35)33-39-25/h8-15,20,24H,2-7,16,30H2,1H3,(H2,31,35)(H,32,36)/t24-/m0/s1. The van der Waals surface area contributed by atoms with E-state index < -0.39 is 23.7 Å². The number of primary amides is 1. The molecule has 3 aromatic rings. The van der Waals surface area contributed by atoms with Crippen LogP contribution < -0.4 is 21.5 Å². The highest BCUT2D eigenvalue weighted by Gasteiger charge is 2.36. The molecule has 11 heteroatoms. The minimum Gasteiger partial charge on any atom is -0.494 e. The van der Waals surface area contributed by atoms with Gasteiger partial charge in [-0.1, -0.05) is 43.5 Å². The maximum Gasteiger partial charge on any atom is 0.270 e. The van der Waals surface area contributed by atoms with E-state index >= 15 is 0 Å². The van der Waals surface area contributed by atoms with Crippen molar-refractivity contribution in [3.05, 3.63) is 76.0 Å². The maximum absolute atomic E-state index is 14.0. The Morgan fingerprint density at radius 1 is 1.10 bits per heavy atom. The zero-order valence-electron chi connectivity index (χ0n) is 21.7. The summed E-state index contributed by atoms with van der Waals surface area (Å²) in [4.78, 5) is 41.1. The van der Waals surface area contributed by atoms with E-state index in [1.165, 1.54) is 17.0 Å². The number of rotatable bonds is 10. The van der Waals surface area contributed by atoms with Crippen LogP contribution >= 0.6 is 11.5 Å². The quantitative estimate of drug-likeness (QED) is 0.344. The lowest BCUT2D eigenvalue weighted by atomic mass is 9.94. The van der Waals surface area contributed by atoms with E-state index in [-0.39, 0.29) is 34.8 Å². The first kappa shape index (κ1) is 28.0. The number of nitrogens with one attached hydrogen (secondary N) is 1. The molecule has 206 valence electrons.